The van der Waals surface area contributed by atoms with Crippen molar-refractivity contribution in [1.82, 2.24) is 9.80 Å². The van der Waals surface area contributed by atoms with Crippen molar-refractivity contribution in [2.75, 3.05) is 33.2 Å². The van der Waals surface area contributed by atoms with Crippen LogP contribution in [0, 0.1) is 0 Å². The fourth-order valence-corrected chi connectivity index (χ4v) is 1.79. The van der Waals surface area contributed by atoms with Crippen molar-refractivity contribution >= 4 is 5.91 Å². The number of amides is 1. The van der Waals surface area contributed by atoms with E-state index in [9.17, 15) is 9.90 Å². The van der Waals surface area contributed by atoms with Crippen molar-refractivity contribution in [3.63, 3.8) is 0 Å². The summed E-state index contributed by atoms with van der Waals surface area (Å²) in [4.78, 5) is 15.5. The van der Waals surface area contributed by atoms with Gasteiger partial charge in [0.1, 0.15) is 0 Å². The summed E-state index contributed by atoms with van der Waals surface area (Å²) in [5, 5.41) is 9.33. The third kappa shape index (κ3) is 4.18. The predicted octanol–water partition coefficient (Wildman–Crippen LogP) is 0.311. The van der Waals surface area contributed by atoms with Crippen LogP contribution in [0.2, 0.25) is 0 Å². The molecule has 1 aliphatic rings. The lowest BCUT2D eigenvalue weighted by molar-refractivity contribution is -0.131. The van der Waals surface area contributed by atoms with Gasteiger partial charge in [0, 0.05) is 26.7 Å². The normalized spacial score (nSPS) is 21.9. The van der Waals surface area contributed by atoms with Crippen LogP contribution in [0.4, 0.5) is 0 Å². The number of rotatable bonds is 5. The molecular weight excluding hydrogens is 192 g/mol. The van der Waals surface area contributed by atoms with E-state index in [1.54, 1.807) is 4.90 Å². The third-order valence-corrected chi connectivity index (χ3v) is 2.88. The highest BCUT2D eigenvalue weighted by molar-refractivity contribution is 5.78. The summed E-state index contributed by atoms with van der Waals surface area (Å²) in [6, 6.07) is 0. The number of β-amino-alcohol motifs (C(OH)–C–C–N with tert-alkyl or cyclic N) is 1. The summed E-state index contributed by atoms with van der Waals surface area (Å²) in [6.07, 6.45) is 2.73. The van der Waals surface area contributed by atoms with Gasteiger partial charge < -0.3 is 10.0 Å². The molecule has 1 amide bonds. The molecule has 1 atom stereocenters. The number of carbonyl (C=O) groups excluding carboxylic acids is 1. The molecule has 4 nitrogen and oxygen atoms in total. The Morgan fingerprint density at radius 3 is 2.87 bits per heavy atom. The fourth-order valence-electron chi connectivity index (χ4n) is 1.79. The molecule has 1 unspecified atom stereocenters. The molecule has 0 saturated carbocycles. The van der Waals surface area contributed by atoms with Crippen LogP contribution in [-0.2, 0) is 4.79 Å². The zero-order valence-corrected chi connectivity index (χ0v) is 9.78. The molecule has 1 rings (SSSR count). The Bertz CT molecular complexity index is 209. The molecule has 15 heavy (non-hydrogen) atoms. The molecule has 0 radical (unpaired) electrons. The Morgan fingerprint density at radius 2 is 2.33 bits per heavy atom. The van der Waals surface area contributed by atoms with Gasteiger partial charge in [0.15, 0.2) is 0 Å². The van der Waals surface area contributed by atoms with Crippen molar-refractivity contribution in [2.24, 2.45) is 0 Å². The van der Waals surface area contributed by atoms with E-state index < -0.39 is 0 Å². The van der Waals surface area contributed by atoms with E-state index in [-0.39, 0.29) is 12.0 Å². The number of nitrogens with zero attached hydrogens (tertiary/aromatic N) is 2. The maximum absolute atomic E-state index is 11.7. The van der Waals surface area contributed by atoms with Gasteiger partial charge in [-0.05, 0) is 12.8 Å². The lowest BCUT2D eigenvalue weighted by Crippen LogP contribution is -2.38. The average molecular weight is 214 g/mol. The monoisotopic (exact) mass is 214 g/mol. The smallest absolute Gasteiger partial charge is 0.236 e. The van der Waals surface area contributed by atoms with Crippen molar-refractivity contribution in [3.8, 4) is 0 Å². The summed E-state index contributed by atoms with van der Waals surface area (Å²) in [7, 11) is 1.85. The van der Waals surface area contributed by atoms with E-state index in [4.69, 9.17) is 0 Å². The Morgan fingerprint density at radius 1 is 1.60 bits per heavy atom. The van der Waals surface area contributed by atoms with Crippen LogP contribution in [0.3, 0.4) is 0 Å². The number of likely N-dealkylation sites (tertiary alicyclic amines) is 1. The maximum Gasteiger partial charge on any atom is 0.236 e. The lowest BCUT2D eigenvalue weighted by atomic mass is 10.3. The summed E-state index contributed by atoms with van der Waals surface area (Å²) in [6.45, 7) is 4.90. The third-order valence-electron chi connectivity index (χ3n) is 2.88. The Balaban J connectivity index is 2.22. The van der Waals surface area contributed by atoms with E-state index in [1.165, 1.54) is 0 Å². The van der Waals surface area contributed by atoms with Crippen molar-refractivity contribution in [2.45, 2.75) is 32.3 Å². The molecule has 0 aromatic carbocycles. The van der Waals surface area contributed by atoms with Gasteiger partial charge in [-0.3, -0.25) is 9.69 Å². The lowest BCUT2D eigenvalue weighted by Gasteiger charge is -2.21. The average Bonchev–Trinajstić information content (AvgIpc) is 2.60. The molecule has 88 valence electrons. The molecule has 0 aromatic rings. The van der Waals surface area contributed by atoms with Crippen LogP contribution in [0.1, 0.15) is 26.2 Å². The summed E-state index contributed by atoms with van der Waals surface area (Å²) < 4.78 is 0. The van der Waals surface area contributed by atoms with E-state index in [2.05, 4.69) is 6.92 Å². The molecule has 0 aromatic heterocycles. The van der Waals surface area contributed by atoms with Crippen molar-refractivity contribution < 1.29 is 9.90 Å². The van der Waals surface area contributed by atoms with Gasteiger partial charge in [0.05, 0.1) is 12.6 Å². The van der Waals surface area contributed by atoms with Gasteiger partial charge in [-0.2, -0.15) is 0 Å². The van der Waals surface area contributed by atoms with Crippen LogP contribution in [0.15, 0.2) is 0 Å². The Labute approximate surface area is 91.9 Å². The predicted molar refractivity (Wildman–Crippen MR) is 59.6 cm³/mol. The number of likely N-dealkylation sites (N-methyl/N-ethyl adjacent to an activating group) is 1. The molecule has 1 N–H and O–H groups in total. The number of hydrogen-bond donors (Lipinski definition) is 1. The first kappa shape index (κ1) is 12.5. The largest absolute Gasteiger partial charge is 0.392 e. The van der Waals surface area contributed by atoms with Gasteiger partial charge >= 0.3 is 0 Å². The Hall–Kier alpha value is -0.610. The quantitative estimate of drug-likeness (QED) is 0.716. The standard InChI is InChI=1S/C11H22N2O2/c1-3-4-6-12(2)11(15)9-13-7-5-10(14)8-13/h10,14H,3-9H2,1-2H3. The molecular formula is C11H22N2O2. The number of aliphatic hydroxyl groups excluding tert-OH is 1. The van der Waals surface area contributed by atoms with Crippen molar-refractivity contribution in [1.29, 1.82) is 0 Å². The highest BCUT2D eigenvalue weighted by Crippen LogP contribution is 2.08. The van der Waals surface area contributed by atoms with E-state index >= 15 is 0 Å². The molecule has 1 aliphatic heterocycles. The molecule has 0 spiro atoms. The van der Waals surface area contributed by atoms with Gasteiger partial charge in [0.25, 0.3) is 0 Å². The first-order chi connectivity index (χ1) is 7.13. The van der Waals surface area contributed by atoms with Crippen LogP contribution in [0.5, 0.6) is 0 Å². The van der Waals surface area contributed by atoms with Crippen molar-refractivity contribution in [3.05, 3.63) is 0 Å². The minimum atomic E-state index is -0.237. The second-order valence-corrected chi connectivity index (χ2v) is 4.35. The first-order valence-corrected chi connectivity index (χ1v) is 5.78. The van der Waals surface area contributed by atoms with Gasteiger partial charge in [-0.15, -0.1) is 0 Å². The number of hydrogen-bond acceptors (Lipinski definition) is 3. The van der Waals surface area contributed by atoms with Gasteiger partial charge in [0.2, 0.25) is 5.91 Å². The number of carbonyl (C=O) groups is 1. The molecule has 0 bridgehead atoms. The fraction of sp³-hybridized carbons (Fsp3) is 0.909. The highest BCUT2D eigenvalue weighted by Gasteiger charge is 2.22. The number of aliphatic hydroxyl groups is 1. The van der Waals surface area contributed by atoms with E-state index in [1.807, 2.05) is 11.9 Å². The van der Waals surface area contributed by atoms with E-state index in [0.717, 1.165) is 32.4 Å². The molecule has 0 aliphatic carbocycles. The second kappa shape index (κ2) is 6.08. The van der Waals surface area contributed by atoms with Crippen LogP contribution < -0.4 is 0 Å². The zero-order chi connectivity index (χ0) is 11.3. The first-order valence-electron chi connectivity index (χ1n) is 5.78. The van der Waals surface area contributed by atoms with Crippen LogP contribution in [-0.4, -0.2) is 60.1 Å². The molecule has 1 fully saturated rings. The van der Waals surface area contributed by atoms with Crippen LogP contribution in [0.25, 0.3) is 0 Å². The maximum atomic E-state index is 11.7. The van der Waals surface area contributed by atoms with Gasteiger partial charge in [-0.1, -0.05) is 13.3 Å². The summed E-state index contributed by atoms with van der Waals surface area (Å²) in [5.74, 6) is 0.164. The summed E-state index contributed by atoms with van der Waals surface area (Å²) in [5.41, 5.74) is 0. The Kier molecular flexibility index (Phi) is 5.05. The zero-order valence-electron chi connectivity index (χ0n) is 9.78. The molecule has 4 heteroatoms. The highest BCUT2D eigenvalue weighted by atomic mass is 16.3. The minimum absolute atomic E-state index is 0.164. The molecule has 1 heterocycles. The number of unbranched alkanes of at least 4 members (excludes halogenated alkanes) is 1. The van der Waals surface area contributed by atoms with E-state index in [0.29, 0.717) is 13.1 Å². The second-order valence-electron chi connectivity index (χ2n) is 4.35. The molecule has 1 saturated heterocycles. The van der Waals surface area contributed by atoms with Crippen LogP contribution >= 0.6 is 0 Å². The van der Waals surface area contributed by atoms with Gasteiger partial charge in [-0.25, -0.2) is 0 Å². The SMILES string of the molecule is CCCCN(C)C(=O)CN1CCC(O)C1. The minimum Gasteiger partial charge on any atom is -0.392 e. The summed E-state index contributed by atoms with van der Waals surface area (Å²) >= 11 is 0. The topological polar surface area (TPSA) is 43.8 Å².